The van der Waals surface area contributed by atoms with E-state index in [1.54, 1.807) is 12.1 Å². The zero-order valence-corrected chi connectivity index (χ0v) is 17.8. The Bertz CT molecular complexity index is 1030. The first-order chi connectivity index (χ1) is 15.0. The van der Waals surface area contributed by atoms with Crippen LogP contribution in [0.5, 0.6) is 0 Å². The summed E-state index contributed by atoms with van der Waals surface area (Å²) in [6.07, 6.45) is 2.00. The molecule has 1 aliphatic heterocycles. The van der Waals surface area contributed by atoms with Crippen molar-refractivity contribution in [2.45, 2.75) is 38.3 Å². The summed E-state index contributed by atoms with van der Waals surface area (Å²) in [6, 6.07) is 14.6. The first kappa shape index (κ1) is 21.1. The van der Waals surface area contributed by atoms with Gasteiger partial charge in [0.15, 0.2) is 11.5 Å². The number of para-hydroxylation sites is 2. The number of esters is 1. The third kappa shape index (κ3) is 4.77. The molecule has 2 unspecified atom stereocenters. The average molecular weight is 421 g/mol. The Morgan fingerprint density at radius 2 is 2.00 bits per heavy atom. The molecule has 1 fully saturated rings. The molecular weight excluding hydrogens is 394 g/mol. The first-order valence-corrected chi connectivity index (χ1v) is 10.6. The molecule has 7 nitrogen and oxygen atoms in total. The largest absolute Gasteiger partial charge is 0.465 e. The summed E-state index contributed by atoms with van der Waals surface area (Å²) in [6.45, 7) is 3.96. The van der Waals surface area contributed by atoms with Gasteiger partial charge in [-0.2, -0.15) is 0 Å². The van der Waals surface area contributed by atoms with Crippen molar-refractivity contribution in [1.29, 1.82) is 0 Å². The Hall–Kier alpha value is -3.19. The summed E-state index contributed by atoms with van der Waals surface area (Å²) < 4.78 is 10.7. The third-order valence-electron chi connectivity index (χ3n) is 5.88. The van der Waals surface area contributed by atoms with Gasteiger partial charge in [-0.15, -0.1) is 0 Å². The van der Waals surface area contributed by atoms with Crippen LogP contribution in [0.2, 0.25) is 0 Å². The molecule has 162 valence electrons. The molecule has 1 aromatic heterocycles. The van der Waals surface area contributed by atoms with Gasteiger partial charge in [0, 0.05) is 19.0 Å². The van der Waals surface area contributed by atoms with Crippen LogP contribution in [-0.2, 0) is 16.1 Å². The summed E-state index contributed by atoms with van der Waals surface area (Å²) >= 11 is 0. The van der Waals surface area contributed by atoms with Crippen LogP contribution in [0.1, 0.15) is 47.5 Å². The standard InChI is InChI=1S/C24H27N3O4/c1-16(22(28)25-14-17-9-11-18(12-10-17)24(29)30-2)27-13-5-6-19(15-27)23-26-20-7-3-4-8-21(20)31-23/h3-4,7-12,16,19H,5-6,13-15H2,1-2H3,(H,25,28). The summed E-state index contributed by atoms with van der Waals surface area (Å²) in [5.41, 5.74) is 3.10. The molecule has 1 amide bonds. The number of oxazole rings is 1. The van der Waals surface area contributed by atoms with Crippen molar-refractivity contribution in [3.63, 3.8) is 0 Å². The predicted octanol–water partition coefficient (Wildman–Crippen LogP) is 3.50. The number of aromatic nitrogens is 1. The van der Waals surface area contributed by atoms with Gasteiger partial charge in [-0.1, -0.05) is 24.3 Å². The minimum absolute atomic E-state index is 0.0183. The number of benzene rings is 2. The molecule has 4 rings (SSSR count). The van der Waals surface area contributed by atoms with Crippen LogP contribution in [0.25, 0.3) is 11.1 Å². The number of hydrogen-bond donors (Lipinski definition) is 1. The monoisotopic (exact) mass is 421 g/mol. The lowest BCUT2D eigenvalue weighted by atomic mass is 9.96. The molecule has 1 saturated heterocycles. The van der Waals surface area contributed by atoms with Crippen LogP contribution in [0, 0.1) is 0 Å². The predicted molar refractivity (Wildman–Crippen MR) is 117 cm³/mol. The Balaban J connectivity index is 1.34. The highest BCUT2D eigenvalue weighted by Crippen LogP contribution is 2.29. The minimum Gasteiger partial charge on any atom is -0.465 e. The molecule has 0 bridgehead atoms. The quantitative estimate of drug-likeness (QED) is 0.613. The number of likely N-dealkylation sites (tertiary alicyclic amines) is 1. The van der Waals surface area contributed by atoms with E-state index in [1.165, 1.54) is 7.11 Å². The molecule has 2 aromatic carbocycles. The SMILES string of the molecule is COC(=O)c1ccc(CNC(=O)C(C)N2CCCC(c3nc4ccccc4o3)C2)cc1. The summed E-state index contributed by atoms with van der Waals surface area (Å²) in [5, 5.41) is 3.00. The normalized spacial score (nSPS) is 17.9. The maximum atomic E-state index is 12.8. The molecule has 31 heavy (non-hydrogen) atoms. The van der Waals surface area contributed by atoms with Crippen LogP contribution in [0.15, 0.2) is 52.9 Å². The maximum Gasteiger partial charge on any atom is 0.337 e. The van der Waals surface area contributed by atoms with E-state index in [9.17, 15) is 9.59 Å². The van der Waals surface area contributed by atoms with Crippen molar-refractivity contribution >= 4 is 23.0 Å². The second-order valence-electron chi connectivity index (χ2n) is 7.94. The number of rotatable bonds is 6. The van der Waals surface area contributed by atoms with E-state index in [0.717, 1.165) is 48.5 Å². The fourth-order valence-electron chi connectivity index (χ4n) is 4.00. The summed E-state index contributed by atoms with van der Waals surface area (Å²) in [5.74, 6) is 0.546. The van der Waals surface area contributed by atoms with Crippen LogP contribution >= 0.6 is 0 Å². The molecular formula is C24H27N3O4. The fraction of sp³-hybridized carbons (Fsp3) is 0.375. The second-order valence-corrected chi connectivity index (χ2v) is 7.94. The minimum atomic E-state index is -0.372. The van der Waals surface area contributed by atoms with Gasteiger partial charge in [0.1, 0.15) is 5.52 Å². The lowest BCUT2D eigenvalue weighted by Gasteiger charge is -2.34. The van der Waals surface area contributed by atoms with Crippen molar-refractivity contribution < 1.29 is 18.7 Å². The zero-order chi connectivity index (χ0) is 21.8. The Morgan fingerprint density at radius 1 is 1.23 bits per heavy atom. The van der Waals surface area contributed by atoms with Gasteiger partial charge < -0.3 is 14.5 Å². The number of amides is 1. The van der Waals surface area contributed by atoms with Gasteiger partial charge in [-0.3, -0.25) is 9.69 Å². The van der Waals surface area contributed by atoms with E-state index >= 15 is 0 Å². The molecule has 2 heterocycles. The van der Waals surface area contributed by atoms with Crippen molar-refractivity contribution in [3.8, 4) is 0 Å². The molecule has 7 heteroatoms. The Kier molecular flexibility index (Phi) is 6.32. The number of ether oxygens (including phenoxy) is 1. The summed E-state index contributed by atoms with van der Waals surface area (Å²) in [4.78, 5) is 31.1. The van der Waals surface area contributed by atoms with Crippen molar-refractivity contribution in [2.75, 3.05) is 20.2 Å². The topological polar surface area (TPSA) is 84.7 Å². The number of hydrogen-bond acceptors (Lipinski definition) is 6. The molecule has 0 saturated carbocycles. The molecule has 0 radical (unpaired) electrons. The second kappa shape index (κ2) is 9.31. The number of nitrogens with zero attached hydrogens (tertiary/aromatic N) is 2. The highest BCUT2D eigenvalue weighted by Gasteiger charge is 2.30. The molecule has 2 atom stereocenters. The maximum absolute atomic E-state index is 12.8. The van der Waals surface area contributed by atoms with E-state index in [4.69, 9.17) is 9.15 Å². The van der Waals surface area contributed by atoms with Crippen LogP contribution < -0.4 is 5.32 Å². The number of methoxy groups -OCH3 is 1. The first-order valence-electron chi connectivity index (χ1n) is 10.6. The average Bonchev–Trinajstić information content (AvgIpc) is 3.26. The highest BCUT2D eigenvalue weighted by molar-refractivity contribution is 5.89. The Morgan fingerprint density at radius 3 is 2.74 bits per heavy atom. The Labute approximate surface area is 181 Å². The summed E-state index contributed by atoms with van der Waals surface area (Å²) in [7, 11) is 1.35. The van der Waals surface area contributed by atoms with Gasteiger partial charge in [0.25, 0.3) is 0 Å². The molecule has 1 N–H and O–H groups in total. The van der Waals surface area contributed by atoms with Gasteiger partial charge in [-0.25, -0.2) is 9.78 Å². The molecule has 3 aromatic rings. The van der Waals surface area contributed by atoms with Crippen molar-refractivity contribution in [1.82, 2.24) is 15.2 Å². The lowest BCUT2D eigenvalue weighted by molar-refractivity contribution is -0.126. The van der Waals surface area contributed by atoms with E-state index < -0.39 is 0 Å². The highest BCUT2D eigenvalue weighted by atomic mass is 16.5. The van der Waals surface area contributed by atoms with Crippen LogP contribution in [0.4, 0.5) is 0 Å². The number of carbonyl (C=O) groups is 2. The van der Waals surface area contributed by atoms with Gasteiger partial charge in [0.05, 0.1) is 18.7 Å². The lowest BCUT2D eigenvalue weighted by Crippen LogP contribution is -2.48. The van der Waals surface area contributed by atoms with Crippen molar-refractivity contribution in [3.05, 3.63) is 65.5 Å². The van der Waals surface area contributed by atoms with E-state index in [1.807, 2.05) is 43.3 Å². The molecule has 0 spiro atoms. The van der Waals surface area contributed by atoms with E-state index in [2.05, 4.69) is 15.2 Å². The van der Waals surface area contributed by atoms with Gasteiger partial charge in [-0.05, 0) is 56.1 Å². The molecule has 0 aliphatic carbocycles. The number of piperidine rings is 1. The molecule has 1 aliphatic rings. The van der Waals surface area contributed by atoms with Gasteiger partial charge >= 0.3 is 5.97 Å². The number of nitrogens with one attached hydrogen (secondary N) is 1. The zero-order valence-electron chi connectivity index (χ0n) is 17.8. The van der Waals surface area contributed by atoms with E-state index in [0.29, 0.717) is 12.1 Å². The third-order valence-corrected chi connectivity index (χ3v) is 5.88. The van der Waals surface area contributed by atoms with Crippen LogP contribution in [-0.4, -0.2) is 48.0 Å². The number of carbonyl (C=O) groups excluding carboxylic acids is 2. The smallest absolute Gasteiger partial charge is 0.337 e. The van der Waals surface area contributed by atoms with Crippen LogP contribution in [0.3, 0.4) is 0 Å². The number of fused-ring (bicyclic) bond motifs is 1. The van der Waals surface area contributed by atoms with E-state index in [-0.39, 0.29) is 23.8 Å². The van der Waals surface area contributed by atoms with Crippen molar-refractivity contribution in [2.24, 2.45) is 0 Å². The fourth-order valence-corrected chi connectivity index (χ4v) is 4.00. The van der Waals surface area contributed by atoms with Gasteiger partial charge in [0.2, 0.25) is 5.91 Å².